The van der Waals surface area contributed by atoms with Gasteiger partial charge in [-0.25, -0.2) is 4.98 Å². The molecule has 0 unspecified atom stereocenters. The van der Waals surface area contributed by atoms with Crippen LogP contribution in [-0.4, -0.2) is 54.7 Å². The summed E-state index contributed by atoms with van der Waals surface area (Å²) >= 11 is 0. The Balaban J connectivity index is 1.92. The van der Waals surface area contributed by atoms with Crippen molar-refractivity contribution in [3.05, 3.63) is 53.7 Å². The molecule has 3 N–H and O–H groups in total. The van der Waals surface area contributed by atoms with Gasteiger partial charge in [0.2, 0.25) is 5.88 Å². The standard InChI is InChI=1S/C19H21N3O6/c1-27-10-11-28-16-12-14(6-8-20-16)19(26)22-15-4-2-13(3-5-15)18(25)21-9-7-17(23)24/h2-6,8,12H,7,9-11H2,1H3,(H,21,25)(H,22,26)(H,23,24). The Kier molecular flexibility index (Phi) is 7.92. The number of hydrogen-bond donors (Lipinski definition) is 3. The molecule has 0 radical (unpaired) electrons. The van der Waals surface area contributed by atoms with Crippen LogP contribution in [-0.2, 0) is 9.53 Å². The number of carbonyl (C=O) groups excluding carboxylic acids is 2. The number of carbonyl (C=O) groups is 3. The second-order valence-corrected chi connectivity index (χ2v) is 5.66. The number of pyridine rings is 1. The molecule has 1 aromatic carbocycles. The molecule has 0 fully saturated rings. The molecule has 1 aromatic heterocycles. The van der Waals surface area contributed by atoms with Crippen molar-refractivity contribution < 1.29 is 29.0 Å². The maximum absolute atomic E-state index is 12.4. The van der Waals surface area contributed by atoms with E-state index < -0.39 is 5.97 Å². The zero-order valence-corrected chi connectivity index (χ0v) is 15.3. The Morgan fingerprint density at radius 2 is 1.79 bits per heavy atom. The number of benzene rings is 1. The number of methoxy groups -OCH3 is 1. The van der Waals surface area contributed by atoms with Crippen LogP contribution in [0.25, 0.3) is 0 Å². The van der Waals surface area contributed by atoms with Crippen molar-refractivity contribution in [1.29, 1.82) is 0 Å². The molecule has 0 aliphatic carbocycles. The molecule has 28 heavy (non-hydrogen) atoms. The summed E-state index contributed by atoms with van der Waals surface area (Å²) in [5.41, 5.74) is 1.24. The molecular formula is C19H21N3O6. The third kappa shape index (κ3) is 6.69. The molecule has 2 amide bonds. The zero-order chi connectivity index (χ0) is 20.4. The average Bonchev–Trinajstić information content (AvgIpc) is 2.68. The van der Waals surface area contributed by atoms with Crippen molar-refractivity contribution >= 4 is 23.5 Å². The molecule has 0 bridgehead atoms. The summed E-state index contributed by atoms with van der Waals surface area (Å²) in [7, 11) is 1.56. The smallest absolute Gasteiger partial charge is 0.305 e. The van der Waals surface area contributed by atoms with E-state index in [0.29, 0.717) is 35.9 Å². The van der Waals surface area contributed by atoms with Crippen molar-refractivity contribution in [2.75, 3.05) is 32.2 Å². The molecular weight excluding hydrogens is 366 g/mol. The number of carboxylic acids is 1. The van der Waals surface area contributed by atoms with Gasteiger partial charge in [0.25, 0.3) is 11.8 Å². The van der Waals surface area contributed by atoms with Crippen molar-refractivity contribution in [3.63, 3.8) is 0 Å². The molecule has 0 aliphatic heterocycles. The van der Waals surface area contributed by atoms with E-state index in [1.54, 1.807) is 25.3 Å². The van der Waals surface area contributed by atoms with Crippen LogP contribution in [0.2, 0.25) is 0 Å². The summed E-state index contributed by atoms with van der Waals surface area (Å²) in [5.74, 6) is -1.40. The lowest BCUT2D eigenvalue weighted by atomic mass is 10.2. The van der Waals surface area contributed by atoms with E-state index in [9.17, 15) is 14.4 Å². The van der Waals surface area contributed by atoms with Gasteiger partial charge in [-0.1, -0.05) is 0 Å². The fraction of sp³-hybridized carbons (Fsp3) is 0.263. The van der Waals surface area contributed by atoms with Crippen LogP contribution in [0, 0.1) is 0 Å². The summed E-state index contributed by atoms with van der Waals surface area (Å²) in [6.07, 6.45) is 1.32. The van der Waals surface area contributed by atoms with Gasteiger partial charge in [-0.2, -0.15) is 0 Å². The largest absolute Gasteiger partial charge is 0.481 e. The van der Waals surface area contributed by atoms with Gasteiger partial charge in [0.1, 0.15) is 6.61 Å². The lowest BCUT2D eigenvalue weighted by molar-refractivity contribution is -0.136. The van der Waals surface area contributed by atoms with Gasteiger partial charge < -0.3 is 25.2 Å². The van der Waals surface area contributed by atoms with Crippen LogP contribution in [0.1, 0.15) is 27.1 Å². The molecule has 0 atom stereocenters. The number of anilines is 1. The topological polar surface area (TPSA) is 127 Å². The minimum absolute atomic E-state index is 0.0451. The van der Waals surface area contributed by atoms with Crippen LogP contribution in [0.3, 0.4) is 0 Å². The van der Waals surface area contributed by atoms with Crippen LogP contribution >= 0.6 is 0 Å². The maximum atomic E-state index is 12.4. The number of carboxylic acid groups (broad SMARTS) is 1. The summed E-state index contributed by atoms with van der Waals surface area (Å²) in [6.45, 7) is 0.780. The number of aliphatic carboxylic acids is 1. The molecule has 2 rings (SSSR count). The molecule has 0 saturated heterocycles. The third-order valence-electron chi connectivity index (χ3n) is 3.56. The SMILES string of the molecule is COCCOc1cc(C(=O)Nc2ccc(C(=O)NCCC(=O)O)cc2)ccn1. The highest BCUT2D eigenvalue weighted by molar-refractivity contribution is 6.04. The Hall–Kier alpha value is -3.46. The second kappa shape index (κ2) is 10.6. The van der Waals surface area contributed by atoms with E-state index in [2.05, 4.69) is 15.6 Å². The molecule has 1 heterocycles. The van der Waals surface area contributed by atoms with Gasteiger partial charge in [0, 0.05) is 42.7 Å². The lowest BCUT2D eigenvalue weighted by Gasteiger charge is -2.09. The summed E-state index contributed by atoms with van der Waals surface area (Å²) in [6, 6.07) is 9.33. The van der Waals surface area contributed by atoms with E-state index in [-0.39, 0.29) is 24.8 Å². The maximum Gasteiger partial charge on any atom is 0.305 e. The van der Waals surface area contributed by atoms with Gasteiger partial charge in [-0.15, -0.1) is 0 Å². The molecule has 9 nitrogen and oxygen atoms in total. The van der Waals surface area contributed by atoms with E-state index in [4.69, 9.17) is 14.6 Å². The monoisotopic (exact) mass is 387 g/mol. The first-order chi connectivity index (χ1) is 13.5. The number of nitrogens with one attached hydrogen (secondary N) is 2. The van der Waals surface area contributed by atoms with E-state index in [0.717, 1.165) is 0 Å². The Bertz CT molecular complexity index is 823. The third-order valence-corrected chi connectivity index (χ3v) is 3.56. The molecule has 0 spiro atoms. The molecule has 0 aliphatic rings. The lowest BCUT2D eigenvalue weighted by Crippen LogP contribution is -2.25. The van der Waals surface area contributed by atoms with Gasteiger partial charge in [0.15, 0.2) is 0 Å². The highest BCUT2D eigenvalue weighted by Gasteiger charge is 2.10. The van der Waals surface area contributed by atoms with Gasteiger partial charge in [-0.3, -0.25) is 14.4 Å². The summed E-state index contributed by atoms with van der Waals surface area (Å²) in [5, 5.41) is 13.8. The van der Waals surface area contributed by atoms with Crippen molar-refractivity contribution in [2.24, 2.45) is 0 Å². The molecule has 2 aromatic rings. The van der Waals surface area contributed by atoms with Gasteiger partial charge >= 0.3 is 5.97 Å². The van der Waals surface area contributed by atoms with Crippen LogP contribution < -0.4 is 15.4 Å². The highest BCUT2D eigenvalue weighted by Crippen LogP contribution is 2.14. The first-order valence-electron chi connectivity index (χ1n) is 8.49. The van der Waals surface area contributed by atoms with Crippen LogP contribution in [0.5, 0.6) is 5.88 Å². The minimum Gasteiger partial charge on any atom is -0.481 e. The summed E-state index contributed by atoms with van der Waals surface area (Å²) in [4.78, 5) is 38.8. The Morgan fingerprint density at radius 1 is 1.04 bits per heavy atom. The Morgan fingerprint density at radius 3 is 2.46 bits per heavy atom. The first kappa shape index (κ1) is 20.8. The van der Waals surface area contributed by atoms with Gasteiger partial charge in [-0.05, 0) is 30.3 Å². The minimum atomic E-state index is -0.985. The fourth-order valence-corrected chi connectivity index (χ4v) is 2.15. The molecule has 9 heteroatoms. The van der Waals surface area contributed by atoms with Gasteiger partial charge in [0.05, 0.1) is 13.0 Å². The normalized spacial score (nSPS) is 10.2. The quantitative estimate of drug-likeness (QED) is 0.528. The molecule has 148 valence electrons. The highest BCUT2D eigenvalue weighted by atomic mass is 16.5. The van der Waals surface area contributed by atoms with E-state index >= 15 is 0 Å². The fourth-order valence-electron chi connectivity index (χ4n) is 2.15. The first-order valence-corrected chi connectivity index (χ1v) is 8.49. The van der Waals surface area contributed by atoms with E-state index in [1.807, 2.05) is 0 Å². The van der Waals surface area contributed by atoms with Crippen molar-refractivity contribution in [1.82, 2.24) is 10.3 Å². The van der Waals surface area contributed by atoms with Crippen molar-refractivity contribution in [2.45, 2.75) is 6.42 Å². The zero-order valence-electron chi connectivity index (χ0n) is 15.3. The van der Waals surface area contributed by atoms with Crippen LogP contribution in [0.15, 0.2) is 42.6 Å². The average molecular weight is 387 g/mol. The number of hydrogen-bond acceptors (Lipinski definition) is 6. The second-order valence-electron chi connectivity index (χ2n) is 5.66. The predicted octanol–water partition coefficient (Wildman–Crippen LogP) is 1.56. The number of rotatable bonds is 10. The van der Waals surface area contributed by atoms with Crippen LogP contribution in [0.4, 0.5) is 5.69 Å². The number of aromatic nitrogens is 1. The molecule has 0 saturated carbocycles. The number of nitrogens with zero attached hydrogens (tertiary/aromatic N) is 1. The summed E-state index contributed by atoms with van der Waals surface area (Å²) < 4.78 is 10.3. The predicted molar refractivity (Wildman–Crippen MR) is 101 cm³/mol. The number of amides is 2. The van der Waals surface area contributed by atoms with E-state index in [1.165, 1.54) is 24.4 Å². The number of ether oxygens (including phenoxy) is 2. The Labute approximate surface area is 161 Å². The van der Waals surface area contributed by atoms with Crippen molar-refractivity contribution in [3.8, 4) is 5.88 Å².